The summed E-state index contributed by atoms with van der Waals surface area (Å²) in [4.78, 5) is 29.1. The highest BCUT2D eigenvalue weighted by Gasteiger charge is 2.38. The third kappa shape index (κ3) is 8.63. The molecule has 2 saturated heterocycles. The van der Waals surface area contributed by atoms with Crippen molar-refractivity contribution in [1.82, 2.24) is 9.80 Å². The Morgan fingerprint density at radius 1 is 0.884 bits per heavy atom. The number of ether oxygens (including phenoxy) is 1. The van der Waals surface area contributed by atoms with Crippen molar-refractivity contribution in [3.05, 3.63) is 72.3 Å². The van der Waals surface area contributed by atoms with Gasteiger partial charge in [-0.05, 0) is 74.2 Å². The Labute approximate surface area is 250 Å². The lowest BCUT2D eigenvalue weighted by atomic mass is 9.97. The van der Waals surface area contributed by atoms with E-state index in [1.807, 2.05) is 35.2 Å². The molecule has 5 rings (SSSR count). The lowest BCUT2D eigenvalue weighted by molar-refractivity contribution is -0.192. The molecule has 0 bridgehead atoms. The predicted octanol–water partition coefficient (Wildman–Crippen LogP) is 6.47. The van der Waals surface area contributed by atoms with Crippen LogP contribution in [0.5, 0.6) is 5.75 Å². The van der Waals surface area contributed by atoms with Crippen LogP contribution in [0, 0.1) is 0 Å². The Bertz CT molecular complexity index is 1340. The Morgan fingerprint density at radius 2 is 1.49 bits per heavy atom. The minimum atomic E-state index is -5.08. The van der Waals surface area contributed by atoms with Crippen molar-refractivity contribution in [2.45, 2.75) is 57.8 Å². The van der Waals surface area contributed by atoms with Crippen molar-refractivity contribution in [2.24, 2.45) is 0 Å². The zero-order valence-electron chi connectivity index (χ0n) is 24.7. The number of carboxylic acids is 1. The molecule has 43 heavy (non-hydrogen) atoms. The molecule has 2 fully saturated rings. The van der Waals surface area contributed by atoms with Gasteiger partial charge in [0.2, 0.25) is 0 Å². The lowest BCUT2D eigenvalue weighted by Crippen LogP contribution is -2.48. The first kappa shape index (κ1) is 32.1. The van der Waals surface area contributed by atoms with Gasteiger partial charge >= 0.3 is 12.1 Å². The van der Waals surface area contributed by atoms with Crippen LogP contribution in [-0.4, -0.2) is 84.4 Å². The third-order valence-electron chi connectivity index (χ3n) is 8.24. The Hall–Kier alpha value is -3.79. The molecule has 10 heteroatoms. The molecule has 1 N–H and O–H groups in total. The fraction of sp³-hybridized carbons (Fsp3) is 0.455. The number of fused-ring (bicyclic) bond motifs is 1. The molecular formula is C33H40F3N3O4. The summed E-state index contributed by atoms with van der Waals surface area (Å²) in [6, 6.07) is 23.9. The van der Waals surface area contributed by atoms with Crippen molar-refractivity contribution in [1.29, 1.82) is 0 Å². The number of carbonyl (C=O) groups excluding carboxylic acids is 1. The third-order valence-corrected chi connectivity index (χ3v) is 8.24. The number of alkyl halides is 3. The van der Waals surface area contributed by atoms with Crippen molar-refractivity contribution < 1.29 is 32.6 Å². The maximum absolute atomic E-state index is 13.3. The highest BCUT2D eigenvalue weighted by molar-refractivity contribution is 6.07. The Balaban J connectivity index is 0.000000541. The van der Waals surface area contributed by atoms with Crippen molar-refractivity contribution in [3.63, 3.8) is 0 Å². The molecule has 3 aromatic carbocycles. The zero-order valence-corrected chi connectivity index (χ0v) is 24.7. The fourth-order valence-corrected chi connectivity index (χ4v) is 5.86. The molecule has 0 unspecified atom stereocenters. The Kier molecular flexibility index (Phi) is 10.9. The first-order chi connectivity index (χ1) is 20.5. The van der Waals surface area contributed by atoms with Gasteiger partial charge in [0, 0.05) is 56.1 Å². The molecule has 2 aliphatic rings. The van der Waals surface area contributed by atoms with Gasteiger partial charge in [0.05, 0.1) is 6.61 Å². The van der Waals surface area contributed by atoms with Crippen LogP contribution < -0.4 is 9.64 Å². The first-order valence-electron chi connectivity index (χ1n) is 14.9. The second-order valence-corrected chi connectivity index (χ2v) is 11.2. The molecule has 0 saturated carbocycles. The van der Waals surface area contributed by atoms with E-state index in [1.165, 1.54) is 24.9 Å². The number of nitrogens with zero attached hydrogens (tertiary/aromatic N) is 3. The van der Waals surface area contributed by atoms with Crippen LogP contribution in [-0.2, 0) is 4.79 Å². The van der Waals surface area contributed by atoms with Crippen LogP contribution in [0.4, 0.5) is 18.9 Å². The van der Waals surface area contributed by atoms with Crippen molar-refractivity contribution in [2.75, 3.05) is 44.2 Å². The van der Waals surface area contributed by atoms with Gasteiger partial charge in [0.15, 0.2) is 0 Å². The van der Waals surface area contributed by atoms with Gasteiger partial charge in [-0.15, -0.1) is 0 Å². The summed E-state index contributed by atoms with van der Waals surface area (Å²) in [6.07, 6.45) is -0.0309. The van der Waals surface area contributed by atoms with E-state index in [2.05, 4.69) is 60.0 Å². The highest BCUT2D eigenvalue weighted by atomic mass is 19.4. The first-order valence-corrected chi connectivity index (χ1v) is 14.9. The number of piperazine rings is 1. The molecule has 0 radical (unpaired) electrons. The second kappa shape index (κ2) is 14.6. The van der Waals surface area contributed by atoms with Crippen LogP contribution in [0.15, 0.2) is 66.7 Å². The number of hydrogen-bond acceptors (Lipinski definition) is 5. The average Bonchev–Trinajstić information content (AvgIpc) is 3.00. The van der Waals surface area contributed by atoms with Gasteiger partial charge in [-0.3, -0.25) is 9.69 Å². The van der Waals surface area contributed by atoms with E-state index in [1.54, 1.807) is 0 Å². The average molecular weight is 600 g/mol. The molecule has 3 aromatic rings. The summed E-state index contributed by atoms with van der Waals surface area (Å²) >= 11 is 0. The molecule has 232 valence electrons. The van der Waals surface area contributed by atoms with E-state index >= 15 is 0 Å². The quantitative estimate of drug-likeness (QED) is 0.314. The molecule has 2 atom stereocenters. The van der Waals surface area contributed by atoms with Gasteiger partial charge in [0.1, 0.15) is 5.75 Å². The van der Waals surface area contributed by atoms with Gasteiger partial charge in [-0.25, -0.2) is 4.79 Å². The van der Waals surface area contributed by atoms with Crippen molar-refractivity contribution in [3.8, 4) is 5.75 Å². The van der Waals surface area contributed by atoms with Gasteiger partial charge < -0.3 is 19.6 Å². The number of halogens is 3. The maximum atomic E-state index is 13.3. The van der Waals surface area contributed by atoms with Crippen LogP contribution in [0.3, 0.4) is 0 Å². The molecule has 2 aliphatic heterocycles. The lowest BCUT2D eigenvalue weighted by Gasteiger charge is -2.39. The van der Waals surface area contributed by atoms with E-state index in [9.17, 15) is 18.0 Å². The predicted molar refractivity (Wildman–Crippen MR) is 162 cm³/mol. The number of likely N-dealkylation sites (tertiary alicyclic amines) is 1. The summed E-state index contributed by atoms with van der Waals surface area (Å²) in [5.74, 6) is -1.70. The number of carboxylic acid groups (broad SMARTS) is 1. The molecule has 0 spiro atoms. The second-order valence-electron chi connectivity index (χ2n) is 11.2. The molecular weight excluding hydrogens is 559 g/mol. The summed E-state index contributed by atoms with van der Waals surface area (Å²) in [7, 11) is 0. The van der Waals surface area contributed by atoms with Gasteiger partial charge in [-0.2, -0.15) is 13.2 Å². The maximum Gasteiger partial charge on any atom is 0.490 e. The largest absolute Gasteiger partial charge is 0.494 e. The summed E-state index contributed by atoms with van der Waals surface area (Å²) in [5.41, 5.74) is 1.99. The van der Waals surface area contributed by atoms with E-state index < -0.39 is 12.1 Å². The van der Waals surface area contributed by atoms with E-state index in [0.29, 0.717) is 12.1 Å². The molecule has 7 nitrogen and oxygen atoms in total. The highest BCUT2D eigenvalue weighted by Crippen LogP contribution is 2.25. The number of amides is 1. The van der Waals surface area contributed by atoms with Crippen LogP contribution in [0.1, 0.15) is 49.9 Å². The minimum Gasteiger partial charge on any atom is -0.494 e. The van der Waals surface area contributed by atoms with Gasteiger partial charge in [-0.1, -0.05) is 42.8 Å². The molecule has 1 amide bonds. The van der Waals surface area contributed by atoms with Crippen LogP contribution in [0.2, 0.25) is 0 Å². The summed E-state index contributed by atoms with van der Waals surface area (Å²) in [6.45, 7) is 9.71. The number of benzene rings is 3. The minimum absolute atomic E-state index is 0.128. The van der Waals surface area contributed by atoms with E-state index in [-0.39, 0.29) is 5.91 Å². The zero-order chi connectivity index (χ0) is 31.0. The summed E-state index contributed by atoms with van der Waals surface area (Å²) in [5, 5.41) is 9.27. The van der Waals surface area contributed by atoms with Gasteiger partial charge in [0.25, 0.3) is 5.91 Å². The fourth-order valence-electron chi connectivity index (χ4n) is 5.86. The van der Waals surface area contributed by atoms with Crippen LogP contribution >= 0.6 is 0 Å². The molecule has 2 heterocycles. The van der Waals surface area contributed by atoms with Crippen LogP contribution in [0.25, 0.3) is 10.8 Å². The SMILES string of the molecule is C[C@@H]1CCC[C@H](C)N1CCCOc1ccc(N2CCN(C(=O)c3cccc4ccccc34)CC2)cc1.O=C(O)C(F)(F)F. The molecule has 0 aromatic heterocycles. The van der Waals surface area contributed by atoms with E-state index in [4.69, 9.17) is 14.6 Å². The Morgan fingerprint density at radius 3 is 2.12 bits per heavy atom. The molecule has 0 aliphatic carbocycles. The number of aliphatic carboxylic acids is 1. The topological polar surface area (TPSA) is 73.3 Å². The number of hydrogen-bond donors (Lipinski definition) is 1. The van der Waals surface area contributed by atoms with Crippen molar-refractivity contribution >= 4 is 28.3 Å². The number of carbonyl (C=O) groups is 2. The monoisotopic (exact) mass is 599 g/mol. The number of piperidine rings is 1. The summed E-state index contributed by atoms with van der Waals surface area (Å²) < 4.78 is 37.8. The normalized spacial score (nSPS) is 19.5. The number of anilines is 1. The van der Waals surface area contributed by atoms with E-state index in [0.717, 1.165) is 67.8 Å². The number of rotatable bonds is 7. The standard InChI is InChI=1S/C31H39N3O2.C2HF3O2/c1-24-8-5-9-25(2)34(24)18-7-23-36-28-16-14-27(15-17-28)32-19-21-33(22-20-32)31(35)30-13-6-11-26-10-3-4-12-29(26)30;3-2(4,5)1(6)7/h3-4,6,10-17,24-25H,5,7-9,18-23H2,1-2H3;(H,6,7)/t24-,25+;. The smallest absolute Gasteiger partial charge is 0.490 e.